The second kappa shape index (κ2) is 53.0. The van der Waals surface area contributed by atoms with Crippen molar-refractivity contribution in [1.82, 2.24) is 5.32 Å². The molecule has 14 heteroatoms. The SMILES string of the molecule is CC/C=C\C/C=C\C/C=C\C/C=C\CCCCCCC(=O)NC(COC1OC(CO)C(OC2OC(CO)C(O)C(O)C2O)C(O)C1O)C(O)/C=C/CCCCCCCCCCCCCCCCCCCCCCCCCCCCCCC. The fourth-order valence-electron chi connectivity index (χ4n) is 10.9. The van der Waals surface area contributed by atoms with Gasteiger partial charge in [0.1, 0.15) is 48.8 Å². The summed E-state index contributed by atoms with van der Waals surface area (Å²) in [6.07, 6.45) is 52.8. The zero-order chi connectivity index (χ0) is 59.5. The van der Waals surface area contributed by atoms with Crippen molar-refractivity contribution in [2.45, 2.75) is 344 Å². The normalized spacial score (nSPS) is 24.3. The zero-order valence-electron chi connectivity index (χ0n) is 51.7. The largest absolute Gasteiger partial charge is 0.394 e. The van der Waals surface area contributed by atoms with Crippen molar-refractivity contribution in [1.29, 1.82) is 0 Å². The van der Waals surface area contributed by atoms with Crippen molar-refractivity contribution in [3.8, 4) is 0 Å². The van der Waals surface area contributed by atoms with Crippen molar-refractivity contribution < 1.29 is 64.6 Å². The third kappa shape index (κ3) is 37.3. The molecule has 2 heterocycles. The number of hydrogen-bond donors (Lipinski definition) is 9. The average Bonchev–Trinajstić information content (AvgIpc) is 3.49. The molecule has 0 saturated carbocycles. The van der Waals surface area contributed by atoms with Gasteiger partial charge in [-0.25, -0.2) is 0 Å². The molecule has 478 valence electrons. The summed E-state index contributed by atoms with van der Waals surface area (Å²) in [5, 5.41) is 87.3. The van der Waals surface area contributed by atoms with E-state index in [9.17, 15) is 45.6 Å². The van der Waals surface area contributed by atoms with Crippen LogP contribution < -0.4 is 5.32 Å². The Kier molecular flexibility index (Phi) is 49.0. The van der Waals surface area contributed by atoms with Gasteiger partial charge in [0.25, 0.3) is 0 Å². The molecule has 12 unspecified atom stereocenters. The standard InChI is InChI=1S/C68H123NO13/c1-3-5-7-9-11-13-15-17-19-21-22-23-24-25-26-27-28-29-30-31-32-33-34-36-37-39-41-43-45-47-49-51-57(72)56(69-60(73)52-50-48-46-44-42-40-38-35-20-18-16-14-12-10-8-6-4-2)55-79-67-65(78)63(76)66(59(54-71)81-67)82-68-64(77)62(75)61(74)58(53-70)80-68/h6,8,12,14,18,20,38,40,49,51,56-59,61-68,70-72,74-78H,3-5,7,9-11,13,15-17,19,21-37,39,41-48,50,52-55H2,1-2H3,(H,69,73)/b8-6-,14-12-,20-18-,40-38-,51-49+. The third-order valence-corrected chi connectivity index (χ3v) is 16.2. The lowest BCUT2D eigenvalue weighted by Crippen LogP contribution is -2.65. The number of allylic oxidation sites excluding steroid dienone is 9. The molecular weight excluding hydrogens is 1040 g/mol. The predicted octanol–water partition coefficient (Wildman–Crippen LogP) is 12.9. The van der Waals surface area contributed by atoms with Crippen molar-refractivity contribution in [3.05, 3.63) is 60.8 Å². The Hall–Kier alpha value is -2.31. The molecule has 0 radical (unpaired) electrons. The molecule has 1 amide bonds. The van der Waals surface area contributed by atoms with Gasteiger partial charge in [0.2, 0.25) is 5.91 Å². The van der Waals surface area contributed by atoms with Crippen LogP contribution in [0.2, 0.25) is 0 Å². The van der Waals surface area contributed by atoms with Crippen LogP contribution in [0.15, 0.2) is 60.8 Å². The summed E-state index contributed by atoms with van der Waals surface area (Å²) in [5.74, 6) is -0.262. The molecule has 2 aliphatic rings. The van der Waals surface area contributed by atoms with Gasteiger partial charge >= 0.3 is 0 Å². The highest BCUT2D eigenvalue weighted by Gasteiger charge is 2.51. The van der Waals surface area contributed by atoms with Crippen LogP contribution in [0, 0.1) is 0 Å². The van der Waals surface area contributed by atoms with Gasteiger partial charge in [-0.2, -0.15) is 0 Å². The Bertz CT molecular complexity index is 1610. The van der Waals surface area contributed by atoms with Gasteiger partial charge in [-0.1, -0.05) is 267 Å². The highest BCUT2D eigenvalue weighted by molar-refractivity contribution is 5.76. The average molecular weight is 1160 g/mol. The Morgan fingerprint density at radius 3 is 1.29 bits per heavy atom. The van der Waals surface area contributed by atoms with Gasteiger partial charge < -0.3 is 65.1 Å². The van der Waals surface area contributed by atoms with Gasteiger partial charge in [0.15, 0.2) is 12.6 Å². The number of aliphatic hydroxyl groups excluding tert-OH is 8. The van der Waals surface area contributed by atoms with Crippen LogP contribution in [0.1, 0.15) is 271 Å². The molecule has 0 bridgehead atoms. The van der Waals surface area contributed by atoms with E-state index in [-0.39, 0.29) is 18.9 Å². The summed E-state index contributed by atoms with van der Waals surface area (Å²) < 4.78 is 22.8. The molecule has 9 N–H and O–H groups in total. The van der Waals surface area contributed by atoms with Gasteiger partial charge in [-0.15, -0.1) is 0 Å². The molecule has 2 saturated heterocycles. The maximum Gasteiger partial charge on any atom is 0.220 e. The molecule has 12 atom stereocenters. The third-order valence-electron chi connectivity index (χ3n) is 16.2. The second-order valence-electron chi connectivity index (χ2n) is 23.6. The molecule has 0 aromatic heterocycles. The Labute approximate surface area is 498 Å². The molecule has 0 aromatic rings. The molecule has 0 spiro atoms. The van der Waals surface area contributed by atoms with E-state index in [4.69, 9.17) is 18.9 Å². The summed E-state index contributed by atoms with van der Waals surface area (Å²) in [5.41, 5.74) is 0. The van der Waals surface area contributed by atoms with Crippen LogP contribution in [-0.4, -0.2) is 140 Å². The minimum absolute atomic E-state index is 0.251. The summed E-state index contributed by atoms with van der Waals surface area (Å²) in [7, 11) is 0. The van der Waals surface area contributed by atoms with Crippen molar-refractivity contribution >= 4 is 5.91 Å². The van der Waals surface area contributed by atoms with E-state index in [2.05, 4.69) is 67.8 Å². The lowest BCUT2D eigenvalue weighted by Gasteiger charge is -2.46. The Morgan fingerprint density at radius 1 is 0.451 bits per heavy atom. The summed E-state index contributed by atoms with van der Waals surface area (Å²) in [4.78, 5) is 13.3. The number of aliphatic hydroxyl groups is 8. The Morgan fingerprint density at radius 2 is 0.841 bits per heavy atom. The van der Waals surface area contributed by atoms with Crippen LogP contribution in [0.4, 0.5) is 0 Å². The molecule has 2 fully saturated rings. The molecule has 2 rings (SSSR count). The molecule has 2 aliphatic heterocycles. The number of amides is 1. The minimum Gasteiger partial charge on any atom is -0.394 e. The lowest BCUT2D eigenvalue weighted by atomic mass is 9.97. The number of rotatable bonds is 54. The maximum absolute atomic E-state index is 13.3. The molecule has 82 heavy (non-hydrogen) atoms. The van der Waals surface area contributed by atoms with Gasteiger partial charge in [0, 0.05) is 6.42 Å². The quantitative estimate of drug-likeness (QED) is 0.0204. The fourth-order valence-corrected chi connectivity index (χ4v) is 10.9. The van der Waals surface area contributed by atoms with E-state index in [1.165, 1.54) is 173 Å². The summed E-state index contributed by atoms with van der Waals surface area (Å²) in [6, 6.07) is -0.931. The topological polar surface area (TPSA) is 228 Å². The van der Waals surface area contributed by atoms with Crippen LogP contribution >= 0.6 is 0 Å². The smallest absolute Gasteiger partial charge is 0.220 e. The van der Waals surface area contributed by atoms with Gasteiger partial charge in [-0.05, 0) is 57.8 Å². The number of carbonyl (C=O) groups excluding carboxylic acids is 1. The van der Waals surface area contributed by atoms with Gasteiger partial charge in [-0.3, -0.25) is 4.79 Å². The maximum atomic E-state index is 13.3. The molecule has 0 aliphatic carbocycles. The highest BCUT2D eigenvalue weighted by atomic mass is 16.7. The number of unbranched alkanes of at least 4 members (excludes halogenated alkanes) is 33. The van der Waals surface area contributed by atoms with Crippen molar-refractivity contribution in [3.63, 3.8) is 0 Å². The first-order valence-electron chi connectivity index (χ1n) is 33.5. The molecule has 0 aromatic carbocycles. The molecular formula is C68H123NO13. The van der Waals surface area contributed by atoms with Crippen LogP contribution in [0.5, 0.6) is 0 Å². The van der Waals surface area contributed by atoms with Gasteiger partial charge in [0.05, 0.1) is 32.0 Å². The summed E-state index contributed by atoms with van der Waals surface area (Å²) in [6.45, 7) is 2.69. The predicted molar refractivity (Wildman–Crippen MR) is 332 cm³/mol. The van der Waals surface area contributed by atoms with E-state index >= 15 is 0 Å². The number of hydrogen-bond acceptors (Lipinski definition) is 13. The Balaban J connectivity index is 1.68. The minimum atomic E-state index is -1.79. The zero-order valence-corrected chi connectivity index (χ0v) is 51.7. The second-order valence-corrected chi connectivity index (χ2v) is 23.6. The lowest BCUT2D eigenvalue weighted by molar-refractivity contribution is -0.359. The van der Waals surface area contributed by atoms with E-state index in [1.807, 2.05) is 6.08 Å². The van der Waals surface area contributed by atoms with Crippen LogP contribution in [-0.2, 0) is 23.7 Å². The van der Waals surface area contributed by atoms with Crippen molar-refractivity contribution in [2.75, 3.05) is 19.8 Å². The first-order chi connectivity index (χ1) is 40.1. The first kappa shape index (κ1) is 75.8. The number of ether oxygens (including phenoxy) is 4. The van der Waals surface area contributed by atoms with Crippen LogP contribution in [0.3, 0.4) is 0 Å². The number of carbonyl (C=O) groups is 1. The van der Waals surface area contributed by atoms with E-state index in [0.29, 0.717) is 6.42 Å². The van der Waals surface area contributed by atoms with E-state index in [1.54, 1.807) is 6.08 Å². The number of nitrogens with one attached hydrogen (secondary N) is 1. The van der Waals surface area contributed by atoms with Crippen molar-refractivity contribution in [2.24, 2.45) is 0 Å². The fraction of sp³-hybridized carbons (Fsp3) is 0.838. The van der Waals surface area contributed by atoms with E-state index < -0.39 is 86.8 Å². The summed E-state index contributed by atoms with van der Waals surface area (Å²) >= 11 is 0. The monoisotopic (exact) mass is 1160 g/mol. The highest BCUT2D eigenvalue weighted by Crippen LogP contribution is 2.30. The first-order valence-corrected chi connectivity index (χ1v) is 33.5. The van der Waals surface area contributed by atoms with E-state index in [0.717, 1.165) is 70.6 Å². The molecule has 14 nitrogen and oxygen atoms in total. The van der Waals surface area contributed by atoms with Crippen LogP contribution in [0.25, 0.3) is 0 Å².